The molecule has 0 radical (unpaired) electrons. The number of benzene rings is 2. The summed E-state index contributed by atoms with van der Waals surface area (Å²) in [5, 5.41) is 13.2. The number of aromatic nitrogens is 2. The summed E-state index contributed by atoms with van der Waals surface area (Å²) in [6.45, 7) is 2.71. The average Bonchev–Trinajstić information content (AvgIpc) is 3.44. The molecule has 44 heavy (non-hydrogen) atoms. The molecule has 11 nitrogen and oxygen atoms in total. The van der Waals surface area contributed by atoms with Crippen molar-refractivity contribution in [1.29, 1.82) is 0 Å². The van der Waals surface area contributed by atoms with Crippen molar-refractivity contribution < 1.29 is 33.9 Å². The Bertz CT molecular complexity index is 1540. The van der Waals surface area contributed by atoms with Crippen molar-refractivity contribution in [1.82, 2.24) is 20.2 Å². The molecule has 5 rings (SSSR count). The van der Waals surface area contributed by atoms with Crippen LogP contribution in [0.4, 0.5) is 4.79 Å². The number of aliphatic carboxylic acids is 1. The number of quaternary nitrogens is 1. The Morgan fingerprint density at radius 3 is 2.61 bits per heavy atom. The molecule has 232 valence electrons. The maximum atomic E-state index is 13.7. The molecular weight excluding hydrogens is 562 g/mol. The van der Waals surface area contributed by atoms with Crippen LogP contribution in [0.15, 0.2) is 54.6 Å². The molecule has 3 N–H and O–H groups in total. The molecule has 0 aliphatic carbocycles. The zero-order valence-corrected chi connectivity index (χ0v) is 25.4. The summed E-state index contributed by atoms with van der Waals surface area (Å²) in [4.78, 5) is 50.9. The highest BCUT2D eigenvalue weighted by atomic mass is 16.5. The summed E-state index contributed by atoms with van der Waals surface area (Å²) in [7, 11) is 3.35. The standard InChI is InChI=1S/C33H39N5O6/c1-21-17-24-26(19-28(21)43-3)34-29(22-13-9-8-10-14-22)36-31(24)44-23-18-27-30(39)35-25(32(40)41)15-11-6-4-5-7-12-16-37(2)33(42)38(27)20-23/h4,6,8-10,13-14,17,19,23,25,27H,5,7,11-12,15-16,18,20H2,1-3H3,(H,35,39)(H,40,41)/p+1. The molecule has 4 unspecified atom stereocenters. The molecule has 2 aromatic carbocycles. The van der Waals surface area contributed by atoms with Crippen molar-refractivity contribution in [2.45, 2.75) is 63.6 Å². The van der Waals surface area contributed by atoms with Crippen LogP contribution >= 0.6 is 0 Å². The van der Waals surface area contributed by atoms with E-state index in [-0.39, 0.29) is 25.4 Å². The van der Waals surface area contributed by atoms with E-state index in [4.69, 9.17) is 19.4 Å². The number of amides is 3. The minimum absolute atomic E-state index is 0.216. The molecule has 1 fully saturated rings. The summed E-state index contributed by atoms with van der Waals surface area (Å²) < 4.78 is 12.1. The van der Waals surface area contributed by atoms with Gasteiger partial charge in [0, 0.05) is 25.2 Å². The summed E-state index contributed by atoms with van der Waals surface area (Å²) in [6.07, 6.45) is 7.07. The highest BCUT2D eigenvalue weighted by Gasteiger charge is 2.48. The maximum absolute atomic E-state index is 13.7. The first-order chi connectivity index (χ1) is 21.2. The largest absolute Gasteiger partial charge is 0.496 e. The second-order valence-electron chi connectivity index (χ2n) is 11.5. The van der Waals surface area contributed by atoms with E-state index in [0.717, 1.165) is 30.4 Å². The van der Waals surface area contributed by atoms with Gasteiger partial charge in [-0.15, -0.1) is 0 Å². The van der Waals surface area contributed by atoms with E-state index in [1.807, 2.05) is 61.5 Å². The SMILES string of the molecule is COc1cc2nc(-c3ccccc3)nc(OC3CC4C(=O)NC(C(=O)O)CCC=CCCCCN(C)C(=O)[NH+]4C3)c2cc1C. The van der Waals surface area contributed by atoms with Gasteiger partial charge >= 0.3 is 12.0 Å². The van der Waals surface area contributed by atoms with Crippen LogP contribution in [0.25, 0.3) is 22.3 Å². The molecular formula is C33H40N5O6+. The van der Waals surface area contributed by atoms with E-state index in [0.29, 0.717) is 46.2 Å². The van der Waals surface area contributed by atoms with Gasteiger partial charge in [-0.1, -0.05) is 42.5 Å². The van der Waals surface area contributed by atoms with Crippen molar-refractivity contribution in [3.05, 3.63) is 60.2 Å². The number of carboxylic acids is 1. The predicted molar refractivity (Wildman–Crippen MR) is 165 cm³/mol. The summed E-state index contributed by atoms with van der Waals surface area (Å²) >= 11 is 0. The normalized spacial score (nSPS) is 23.4. The molecule has 3 aromatic rings. The number of methoxy groups -OCH3 is 1. The van der Waals surface area contributed by atoms with Crippen molar-refractivity contribution in [3.8, 4) is 23.0 Å². The zero-order valence-electron chi connectivity index (χ0n) is 25.4. The van der Waals surface area contributed by atoms with Crippen molar-refractivity contribution in [2.75, 3.05) is 27.2 Å². The zero-order chi connectivity index (χ0) is 31.2. The van der Waals surface area contributed by atoms with Crippen LogP contribution in [0.5, 0.6) is 11.6 Å². The van der Waals surface area contributed by atoms with Crippen LogP contribution in [-0.2, 0) is 9.59 Å². The van der Waals surface area contributed by atoms with Crippen LogP contribution < -0.4 is 19.7 Å². The number of carbonyl (C=O) groups excluding carboxylic acids is 2. The number of nitrogens with one attached hydrogen (secondary N) is 2. The lowest BCUT2D eigenvalue weighted by molar-refractivity contribution is -0.823. The lowest BCUT2D eigenvalue weighted by Gasteiger charge is -2.24. The fraction of sp³-hybridized carbons (Fsp3) is 0.424. The van der Waals surface area contributed by atoms with Gasteiger partial charge < -0.3 is 19.9 Å². The second kappa shape index (κ2) is 13.9. The van der Waals surface area contributed by atoms with E-state index >= 15 is 0 Å². The third-order valence-corrected chi connectivity index (χ3v) is 8.31. The molecule has 2 aliphatic heterocycles. The Hall–Kier alpha value is -4.51. The van der Waals surface area contributed by atoms with Gasteiger partial charge in [0.1, 0.15) is 18.3 Å². The lowest BCUT2D eigenvalue weighted by Crippen LogP contribution is -3.19. The van der Waals surface area contributed by atoms with Crippen LogP contribution in [0.2, 0.25) is 0 Å². The monoisotopic (exact) mass is 602 g/mol. The van der Waals surface area contributed by atoms with E-state index in [1.165, 1.54) is 0 Å². The molecule has 0 bridgehead atoms. The highest BCUT2D eigenvalue weighted by molar-refractivity contribution is 5.88. The van der Waals surface area contributed by atoms with E-state index in [9.17, 15) is 19.5 Å². The van der Waals surface area contributed by atoms with Crippen LogP contribution in [0.3, 0.4) is 0 Å². The van der Waals surface area contributed by atoms with Gasteiger partial charge in [0.15, 0.2) is 18.0 Å². The predicted octanol–water partition coefficient (Wildman–Crippen LogP) is 3.16. The molecule has 3 amide bonds. The first-order valence-corrected chi connectivity index (χ1v) is 15.1. The Kier molecular flexibility index (Phi) is 9.74. The van der Waals surface area contributed by atoms with Crippen molar-refractivity contribution in [2.24, 2.45) is 0 Å². The first kappa shape index (κ1) is 30.9. The number of hydrogen-bond donors (Lipinski definition) is 3. The summed E-state index contributed by atoms with van der Waals surface area (Å²) in [5.74, 6) is -0.0591. The van der Waals surface area contributed by atoms with Gasteiger partial charge in [0.2, 0.25) is 5.88 Å². The number of urea groups is 1. The fourth-order valence-corrected chi connectivity index (χ4v) is 5.87. The third kappa shape index (κ3) is 6.99. The Morgan fingerprint density at radius 1 is 1.09 bits per heavy atom. The number of carbonyl (C=O) groups is 3. The van der Waals surface area contributed by atoms with Crippen molar-refractivity contribution in [3.63, 3.8) is 0 Å². The number of aryl methyl sites for hydroxylation is 1. The van der Waals surface area contributed by atoms with E-state index in [2.05, 4.69) is 5.32 Å². The smallest absolute Gasteiger partial charge is 0.417 e. The fourth-order valence-electron chi connectivity index (χ4n) is 5.87. The number of hydrogen-bond acceptors (Lipinski definition) is 7. The quantitative estimate of drug-likeness (QED) is 0.379. The Balaban J connectivity index is 1.48. The maximum Gasteiger partial charge on any atom is 0.417 e. The molecule has 0 spiro atoms. The molecule has 4 atom stereocenters. The molecule has 3 heterocycles. The van der Waals surface area contributed by atoms with Gasteiger partial charge in [-0.25, -0.2) is 19.5 Å². The number of allylic oxidation sites excluding steroid dienone is 2. The molecule has 0 saturated carbocycles. The average molecular weight is 603 g/mol. The van der Waals surface area contributed by atoms with E-state index < -0.39 is 30.1 Å². The first-order valence-electron chi connectivity index (χ1n) is 15.1. The molecule has 2 aliphatic rings. The molecule has 1 aromatic heterocycles. The Labute approximate surface area is 256 Å². The van der Waals surface area contributed by atoms with Gasteiger partial charge in [-0.05, 0) is 50.7 Å². The number of ether oxygens (including phenoxy) is 2. The van der Waals surface area contributed by atoms with Crippen LogP contribution in [-0.4, -0.2) is 83.3 Å². The molecule has 1 saturated heterocycles. The summed E-state index contributed by atoms with van der Waals surface area (Å²) in [5.41, 5.74) is 2.34. The number of rotatable bonds is 5. The van der Waals surface area contributed by atoms with Crippen molar-refractivity contribution >= 4 is 28.8 Å². The van der Waals surface area contributed by atoms with Gasteiger partial charge in [0.25, 0.3) is 5.91 Å². The van der Waals surface area contributed by atoms with Gasteiger partial charge in [-0.3, -0.25) is 9.69 Å². The van der Waals surface area contributed by atoms with Crippen LogP contribution in [0, 0.1) is 6.92 Å². The minimum Gasteiger partial charge on any atom is -0.496 e. The number of nitrogens with zero attached hydrogens (tertiary/aromatic N) is 3. The van der Waals surface area contributed by atoms with Crippen LogP contribution in [0.1, 0.15) is 44.1 Å². The number of fused-ring (bicyclic) bond motifs is 2. The summed E-state index contributed by atoms with van der Waals surface area (Å²) in [6, 6.07) is 11.2. The minimum atomic E-state index is -1.10. The topological polar surface area (TPSA) is 135 Å². The second-order valence-corrected chi connectivity index (χ2v) is 11.5. The van der Waals surface area contributed by atoms with E-state index in [1.54, 1.807) is 19.1 Å². The Morgan fingerprint density at radius 2 is 1.86 bits per heavy atom. The van der Waals surface area contributed by atoms with Gasteiger partial charge in [-0.2, -0.15) is 4.98 Å². The number of carboxylic acid groups (broad SMARTS) is 1. The highest BCUT2D eigenvalue weighted by Crippen LogP contribution is 2.32. The van der Waals surface area contributed by atoms with Gasteiger partial charge in [0.05, 0.1) is 24.4 Å². The lowest BCUT2D eigenvalue weighted by atomic mass is 10.1. The third-order valence-electron chi connectivity index (χ3n) is 8.31. The molecule has 11 heteroatoms.